The van der Waals surface area contributed by atoms with Crippen molar-refractivity contribution >= 4 is 27.5 Å². The van der Waals surface area contributed by atoms with Gasteiger partial charge in [0.25, 0.3) is 0 Å². The van der Waals surface area contributed by atoms with Crippen LogP contribution in [0.5, 0.6) is 0 Å². The maximum absolute atomic E-state index is 11.7. The number of nitrogens with one attached hydrogen (secondary N) is 1. The summed E-state index contributed by atoms with van der Waals surface area (Å²) in [7, 11) is 0. The zero-order chi connectivity index (χ0) is 12.1. The Balaban J connectivity index is 2.74. The van der Waals surface area contributed by atoms with Crippen molar-refractivity contribution in [1.82, 2.24) is 0 Å². The molecule has 1 atom stereocenters. The number of rotatable bonds is 3. The predicted octanol–water partition coefficient (Wildman–Crippen LogP) is 2.92. The number of nitriles is 1. The summed E-state index contributed by atoms with van der Waals surface area (Å²) in [5, 5.41) is 11.5. The molecule has 1 rings (SSSR count). The Bertz CT molecular complexity index is 423. The van der Waals surface area contributed by atoms with Gasteiger partial charge in [0.05, 0.1) is 16.5 Å². The quantitative estimate of drug-likeness (QED) is 0.866. The standard InChI is InChI=1S/C12H13BrN2O/c1-8(2)11(13)12(16)15-10-5-3-4-9(6-10)7-14/h3-6,8,11H,1-2H3,(H,15,16). The van der Waals surface area contributed by atoms with Gasteiger partial charge in [0.15, 0.2) is 0 Å². The number of alkyl halides is 1. The highest BCUT2D eigenvalue weighted by Gasteiger charge is 2.18. The van der Waals surface area contributed by atoms with E-state index in [1.54, 1.807) is 24.3 Å². The topological polar surface area (TPSA) is 52.9 Å². The molecule has 0 saturated heterocycles. The molecule has 0 spiro atoms. The first-order valence-corrected chi connectivity index (χ1v) is 5.91. The van der Waals surface area contributed by atoms with Crippen LogP contribution in [0, 0.1) is 17.2 Å². The van der Waals surface area contributed by atoms with Crippen LogP contribution in [-0.4, -0.2) is 10.7 Å². The number of carbonyl (C=O) groups excluding carboxylic acids is 1. The summed E-state index contributed by atoms with van der Waals surface area (Å²) >= 11 is 3.32. The van der Waals surface area contributed by atoms with Gasteiger partial charge in [-0.05, 0) is 24.1 Å². The number of carbonyl (C=O) groups is 1. The molecule has 1 N–H and O–H groups in total. The summed E-state index contributed by atoms with van der Waals surface area (Å²) in [4.78, 5) is 11.5. The molecular weight excluding hydrogens is 268 g/mol. The molecule has 0 radical (unpaired) electrons. The fourth-order valence-corrected chi connectivity index (χ4v) is 1.29. The average Bonchev–Trinajstić information content (AvgIpc) is 2.28. The van der Waals surface area contributed by atoms with E-state index < -0.39 is 0 Å². The van der Waals surface area contributed by atoms with Gasteiger partial charge in [-0.25, -0.2) is 0 Å². The smallest absolute Gasteiger partial charge is 0.238 e. The van der Waals surface area contributed by atoms with Crippen molar-refractivity contribution in [3.63, 3.8) is 0 Å². The van der Waals surface area contributed by atoms with Crippen LogP contribution in [0.3, 0.4) is 0 Å². The first-order valence-electron chi connectivity index (χ1n) is 4.99. The third-order valence-corrected chi connectivity index (χ3v) is 3.57. The van der Waals surface area contributed by atoms with Gasteiger partial charge in [0.1, 0.15) is 0 Å². The van der Waals surface area contributed by atoms with Gasteiger partial charge in [0.2, 0.25) is 5.91 Å². The van der Waals surface area contributed by atoms with E-state index in [-0.39, 0.29) is 16.7 Å². The molecule has 16 heavy (non-hydrogen) atoms. The van der Waals surface area contributed by atoms with Crippen molar-refractivity contribution in [3.05, 3.63) is 29.8 Å². The van der Waals surface area contributed by atoms with E-state index in [0.29, 0.717) is 11.3 Å². The summed E-state index contributed by atoms with van der Waals surface area (Å²) < 4.78 is 0. The second kappa shape index (κ2) is 5.66. The predicted molar refractivity (Wildman–Crippen MR) is 67.3 cm³/mol. The third kappa shape index (κ3) is 3.35. The molecule has 0 aromatic heterocycles. The molecule has 0 aliphatic carbocycles. The lowest BCUT2D eigenvalue weighted by atomic mass is 10.1. The van der Waals surface area contributed by atoms with Crippen molar-refractivity contribution in [2.75, 3.05) is 5.32 Å². The average molecular weight is 281 g/mol. The molecule has 0 aliphatic heterocycles. The van der Waals surface area contributed by atoms with Gasteiger partial charge in [-0.2, -0.15) is 5.26 Å². The SMILES string of the molecule is CC(C)C(Br)C(=O)Nc1cccc(C#N)c1. The number of hydrogen-bond donors (Lipinski definition) is 1. The lowest BCUT2D eigenvalue weighted by molar-refractivity contribution is -0.116. The molecule has 1 amide bonds. The molecule has 0 aliphatic rings. The first kappa shape index (κ1) is 12.7. The number of anilines is 1. The van der Waals surface area contributed by atoms with Crippen molar-refractivity contribution in [2.45, 2.75) is 18.7 Å². The Morgan fingerprint density at radius 2 is 2.19 bits per heavy atom. The highest BCUT2D eigenvalue weighted by molar-refractivity contribution is 9.10. The molecule has 0 bridgehead atoms. The molecule has 0 saturated carbocycles. The summed E-state index contributed by atoms with van der Waals surface area (Å²) in [5.74, 6) is 0.129. The van der Waals surface area contributed by atoms with E-state index in [2.05, 4.69) is 21.2 Å². The minimum Gasteiger partial charge on any atom is -0.325 e. The van der Waals surface area contributed by atoms with Crippen molar-refractivity contribution < 1.29 is 4.79 Å². The summed E-state index contributed by atoms with van der Waals surface area (Å²) in [5.41, 5.74) is 1.18. The Morgan fingerprint density at radius 3 is 2.75 bits per heavy atom. The highest BCUT2D eigenvalue weighted by Crippen LogP contribution is 2.16. The minimum atomic E-state index is -0.224. The zero-order valence-corrected chi connectivity index (χ0v) is 10.8. The Kier molecular flexibility index (Phi) is 4.51. The van der Waals surface area contributed by atoms with Crippen LogP contribution in [-0.2, 0) is 4.79 Å². The molecule has 0 fully saturated rings. The molecule has 0 heterocycles. The van der Waals surface area contributed by atoms with Crippen LogP contribution < -0.4 is 5.32 Å². The fraction of sp³-hybridized carbons (Fsp3) is 0.333. The van der Waals surface area contributed by atoms with Crippen molar-refractivity contribution in [2.24, 2.45) is 5.92 Å². The first-order chi connectivity index (χ1) is 7.54. The molecular formula is C12H13BrN2O. The van der Waals surface area contributed by atoms with Crippen molar-refractivity contribution in [3.8, 4) is 6.07 Å². The number of amides is 1. The second-order valence-corrected chi connectivity index (χ2v) is 4.81. The lowest BCUT2D eigenvalue weighted by Crippen LogP contribution is -2.26. The zero-order valence-electron chi connectivity index (χ0n) is 9.20. The van der Waals surface area contributed by atoms with Crippen LogP contribution in [0.25, 0.3) is 0 Å². The normalized spacial score (nSPS) is 11.9. The Labute approximate surface area is 104 Å². The summed E-state index contributed by atoms with van der Waals surface area (Å²) in [6.07, 6.45) is 0. The fourth-order valence-electron chi connectivity index (χ4n) is 1.18. The number of benzene rings is 1. The largest absolute Gasteiger partial charge is 0.325 e. The minimum absolute atomic E-state index is 0.0925. The monoisotopic (exact) mass is 280 g/mol. The summed E-state index contributed by atoms with van der Waals surface area (Å²) in [6, 6.07) is 8.88. The number of nitrogens with zero attached hydrogens (tertiary/aromatic N) is 1. The van der Waals surface area contributed by atoms with Gasteiger partial charge >= 0.3 is 0 Å². The van der Waals surface area contributed by atoms with Crippen LogP contribution in [0.2, 0.25) is 0 Å². The Hall–Kier alpha value is -1.34. The molecule has 3 nitrogen and oxygen atoms in total. The van der Waals surface area contributed by atoms with E-state index in [1.807, 2.05) is 19.9 Å². The molecule has 1 aromatic carbocycles. The third-order valence-electron chi connectivity index (χ3n) is 2.09. The van der Waals surface area contributed by atoms with E-state index in [1.165, 1.54) is 0 Å². The van der Waals surface area contributed by atoms with Crippen LogP contribution in [0.4, 0.5) is 5.69 Å². The maximum atomic E-state index is 11.7. The van der Waals surface area contributed by atoms with Crippen LogP contribution in [0.1, 0.15) is 19.4 Å². The van der Waals surface area contributed by atoms with E-state index in [0.717, 1.165) is 0 Å². The highest BCUT2D eigenvalue weighted by atomic mass is 79.9. The molecule has 84 valence electrons. The van der Waals surface area contributed by atoms with Gasteiger partial charge in [0, 0.05) is 5.69 Å². The Morgan fingerprint density at radius 1 is 1.50 bits per heavy atom. The lowest BCUT2D eigenvalue weighted by Gasteiger charge is -2.13. The van der Waals surface area contributed by atoms with E-state index in [9.17, 15) is 4.79 Å². The van der Waals surface area contributed by atoms with Crippen molar-refractivity contribution in [1.29, 1.82) is 5.26 Å². The molecule has 1 aromatic rings. The van der Waals surface area contributed by atoms with Gasteiger partial charge < -0.3 is 5.32 Å². The molecule has 1 unspecified atom stereocenters. The maximum Gasteiger partial charge on any atom is 0.238 e. The van der Waals surface area contributed by atoms with E-state index >= 15 is 0 Å². The molecule has 4 heteroatoms. The van der Waals surface area contributed by atoms with Gasteiger partial charge in [-0.1, -0.05) is 35.8 Å². The van der Waals surface area contributed by atoms with Crippen LogP contribution >= 0.6 is 15.9 Å². The second-order valence-electron chi connectivity index (χ2n) is 3.83. The number of halogens is 1. The van der Waals surface area contributed by atoms with Crippen LogP contribution in [0.15, 0.2) is 24.3 Å². The summed E-state index contributed by atoms with van der Waals surface area (Å²) in [6.45, 7) is 3.93. The number of hydrogen-bond acceptors (Lipinski definition) is 2. The van der Waals surface area contributed by atoms with Gasteiger partial charge in [-0.3, -0.25) is 4.79 Å². The van der Waals surface area contributed by atoms with Gasteiger partial charge in [-0.15, -0.1) is 0 Å². The van der Waals surface area contributed by atoms with E-state index in [4.69, 9.17) is 5.26 Å².